The number of carbonyl (C=O) groups is 1. The maximum Gasteiger partial charge on any atom is 0.271 e. The third-order valence-corrected chi connectivity index (χ3v) is 3.78. The standard InChI is InChI=1S/C17H17N3O3/c1-2-20-14-6-4-3-5-13(14)15(17(20)23)18-19-16(22)11-7-9-12(21)10-8-11/h3-10,17,21,23H,2H2,1H3,(H,19,22)/b18-15+. The largest absolute Gasteiger partial charge is 0.508 e. The number of hydrazone groups is 1. The lowest BCUT2D eigenvalue weighted by molar-refractivity contribution is 0.0954. The molecule has 23 heavy (non-hydrogen) atoms. The fourth-order valence-electron chi connectivity index (χ4n) is 2.61. The monoisotopic (exact) mass is 311 g/mol. The Morgan fingerprint density at radius 2 is 1.91 bits per heavy atom. The van der Waals surface area contributed by atoms with Crippen LogP contribution in [0.15, 0.2) is 53.6 Å². The minimum atomic E-state index is -0.891. The Balaban J connectivity index is 1.85. The number of nitrogens with one attached hydrogen (secondary N) is 1. The first kappa shape index (κ1) is 15.1. The summed E-state index contributed by atoms with van der Waals surface area (Å²) in [6.07, 6.45) is -0.891. The minimum Gasteiger partial charge on any atom is -0.508 e. The average Bonchev–Trinajstić information content (AvgIpc) is 2.84. The molecule has 0 fully saturated rings. The molecular formula is C17H17N3O3. The summed E-state index contributed by atoms with van der Waals surface area (Å²) < 4.78 is 0. The van der Waals surface area contributed by atoms with Crippen molar-refractivity contribution >= 4 is 17.3 Å². The highest BCUT2D eigenvalue weighted by atomic mass is 16.3. The Labute approximate surface area is 133 Å². The molecule has 0 radical (unpaired) electrons. The normalized spacial score (nSPS) is 18.1. The SMILES string of the molecule is CCN1c2ccccc2/C(=N\NC(=O)c2ccc(O)cc2)C1O. The van der Waals surface area contributed by atoms with Crippen LogP contribution in [0.4, 0.5) is 5.69 Å². The van der Waals surface area contributed by atoms with E-state index in [1.807, 2.05) is 31.2 Å². The second kappa shape index (κ2) is 6.10. The summed E-state index contributed by atoms with van der Waals surface area (Å²) in [5.74, 6) is -0.316. The van der Waals surface area contributed by atoms with Crippen LogP contribution in [0.1, 0.15) is 22.8 Å². The molecule has 0 saturated heterocycles. The van der Waals surface area contributed by atoms with Gasteiger partial charge in [-0.05, 0) is 37.3 Å². The van der Waals surface area contributed by atoms with Gasteiger partial charge in [0, 0.05) is 23.4 Å². The number of benzene rings is 2. The third kappa shape index (κ3) is 2.76. The highest BCUT2D eigenvalue weighted by Crippen LogP contribution is 2.30. The van der Waals surface area contributed by atoms with E-state index < -0.39 is 12.1 Å². The molecule has 1 aliphatic heterocycles. The van der Waals surface area contributed by atoms with Gasteiger partial charge in [-0.25, -0.2) is 5.43 Å². The summed E-state index contributed by atoms with van der Waals surface area (Å²) in [5, 5.41) is 23.7. The van der Waals surface area contributed by atoms with Crippen molar-refractivity contribution in [1.29, 1.82) is 0 Å². The molecule has 1 heterocycles. The number of hydrogen-bond donors (Lipinski definition) is 3. The van der Waals surface area contributed by atoms with Gasteiger partial charge >= 0.3 is 0 Å². The smallest absolute Gasteiger partial charge is 0.271 e. The van der Waals surface area contributed by atoms with Gasteiger partial charge < -0.3 is 15.1 Å². The number of likely N-dealkylation sites (N-methyl/N-ethyl adjacent to an activating group) is 1. The predicted octanol–water partition coefficient (Wildman–Crippen LogP) is 1.68. The van der Waals surface area contributed by atoms with E-state index >= 15 is 0 Å². The van der Waals surface area contributed by atoms with Crippen molar-refractivity contribution in [3.05, 3.63) is 59.7 Å². The summed E-state index contributed by atoms with van der Waals surface area (Å²) in [6.45, 7) is 2.57. The Bertz CT molecular complexity index is 756. The lowest BCUT2D eigenvalue weighted by Gasteiger charge is -2.20. The molecule has 1 aliphatic rings. The molecule has 1 atom stereocenters. The van der Waals surface area contributed by atoms with Crippen LogP contribution < -0.4 is 10.3 Å². The van der Waals surface area contributed by atoms with Crippen LogP contribution in [0.2, 0.25) is 0 Å². The number of phenols is 1. The fourth-order valence-corrected chi connectivity index (χ4v) is 2.61. The molecule has 0 aromatic heterocycles. The Kier molecular flexibility index (Phi) is 3.99. The van der Waals surface area contributed by atoms with Crippen LogP contribution >= 0.6 is 0 Å². The number of carbonyl (C=O) groups excluding carboxylic acids is 1. The lowest BCUT2D eigenvalue weighted by Crippen LogP contribution is -2.36. The van der Waals surface area contributed by atoms with Crippen molar-refractivity contribution < 1.29 is 15.0 Å². The summed E-state index contributed by atoms with van der Waals surface area (Å²) in [7, 11) is 0. The number of aliphatic hydroxyl groups is 1. The molecule has 6 nitrogen and oxygen atoms in total. The highest BCUT2D eigenvalue weighted by Gasteiger charge is 2.32. The number of amides is 1. The minimum absolute atomic E-state index is 0.0894. The molecule has 1 amide bonds. The fraction of sp³-hybridized carbons (Fsp3) is 0.176. The number of aliphatic hydroxyl groups excluding tert-OH is 1. The van der Waals surface area contributed by atoms with E-state index in [1.54, 1.807) is 4.90 Å². The van der Waals surface area contributed by atoms with Crippen LogP contribution in [0.5, 0.6) is 5.75 Å². The Hall–Kier alpha value is -2.86. The average molecular weight is 311 g/mol. The van der Waals surface area contributed by atoms with E-state index in [4.69, 9.17) is 0 Å². The molecule has 0 bridgehead atoms. The summed E-state index contributed by atoms with van der Waals surface area (Å²) in [4.78, 5) is 13.9. The molecule has 1 unspecified atom stereocenters. The quantitative estimate of drug-likeness (QED) is 0.753. The number of phenolic OH excluding ortho intramolecular Hbond substituents is 1. The Morgan fingerprint density at radius 1 is 1.22 bits per heavy atom. The van der Waals surface area contributed by atoms with Crippen LogP contribution in [0.3, 0.4) is 0 Å². The number of aromatic hydroxyl groups is 1. The summed E-state index contributed by atoms with van der Waals surface area (Å²) >= 11 is 0. The van der Waals surface area contributed by atoms with Gasteiger partial charge in [-0.3, -0.25) is 4.79 Å². The van der Waals surface area contributed by atoms with Gasteiger partial charge in [0.05, 0.1) is 0 Å². The first-order valence-electron chi connectivity index (χ1n) is 7.33. The van der Waals surface area contributed by atoms with Gasteiger partial charge in [0.25, 0.3) is 5.91 Å². The molecule has 2 aromatic rings. The third-order valence-electron chi connectivity index (χ3n) is 3.78. The molecule has 2 aromatic carbocycles. The van der Waals surface area contributed by atoms with E-state index in [-0.39, 0.29) is 5.75 Å². The predicted molar refractivity (Wildman–Crippen MR) is 87.6 cm³/mol. The molecule has 3 rings (SSSR count). The van der Waals surface area contributed by atoms with Gasteiger partial charge in [-0.2, -0.15) is 5.10 Å². The summed E-state index contributed by atoms with van der Waals surface area (Å²) in [5.41, 5.74) is 4.93. The molecule has 118 valence electrons. The van der Waals surface area contributed by atoms with Crippen molar-refractivity contribution in [1.82, 2.24) is 5.43 Å². The van der Waals surface area contributed by atoms with E-state index in [0.29, 0.717) is 17.8 Å². The van der Waals surface area contributed by atoms with Crippen LogP contribution in [-0.2, 0) is 0 Å². The molecular weight excluding hydrogens is 294 g/mol. The highest BCUT2D eigenvalue weighted by molar-refractivity contribution is 6.13. The van der Waals surface area contributed by atoms with Crippen molar-refractivity contribution in [2.75, 3.05) is 11.4 Å². The van der Waals surface area contributed by atoms with Crippen molar-refractivity contribution in [3.8, 4) is 5.75 Å². The van der Waals surface area contributed by atoms with Gasteiger partial charge in [0.1, 0.15) is 11.5 Å². The zero-order chi connectivity index (χ0) is 16.4. The zero-order valence-electron chi connectivity index (χ0n) is 12.6. The van der Waals surface area contributed by atoms with Gasteiger partial charge in [0.15, 0.2) is 6.23 Å². The number of anilines is 1. The van der Waals surface area contributed by atoms with E-state index in [1.165, 1.54) is 24.3 Å². The molecule has 0 aliphatic carbocycles. The van der Waals surface area contributed by atoms with Crippen LogP contribution in [0, 0.1) is 0 Å². The van der Waals surface area contributed by atoms with Crippen molar-refractivity contribution in [3.63, 3.8) is 0 Å². The number of nitrogens with zero attached hydrogens (tertiary/aromatic N) is 2. The van der Waals surface area contributed by atoms with Crippen molar-refractivity contribution in [2.45, 2.75) is 13.2 Å². The van der Waals surface area contributed by atoms with Crippen LogP contribution in [0.25, 0.3) is 0 Å². The van der Waals surface area contributed by atoms with E-state index in [9.17, 15) is 15.0 Å². The van der Waals surface area contributed by atoms with E-state index in [2.05, 4.69) is 10.5 Å². The van der Waals surface area contributed by atoms with Gasteiger partial charge in [-0.1, -0.05) is 18.2 Å². The first-order chi connectivity index (χ1) is 11.1. The molecule has 6 heteroatoms. The second-order valence-corrected chi connectivity index (χ2v) is 5.16. The van der Waals surface area contributed by atoms with Gasteiger partial charge in [-0.15, -0.1) is 0 Å². The molecule has 3 N–H and O–H groups in total. The molecule has 0 saturated carbocycles. The number of rotatable bonds is 3. The molecule has 0 spiro atoms. The van der Waals surface area contributed by atoms with Crippen LogP contribution in [-0.4, -0.2) is 34.6 Å². The second-order valence-electron chi connectivity index (χ2n) is 5.16. The summed E-state index contributed by atoms with van der Waals surface area (Å²) in [6, 6.07) is 13.4. The van der Waals surface area contributed by atoms with Crippen molar-refractivity contribution in [2.24, 2.45) is 5.10 Å². The van der Waals surface area contributed by atoms with E-state index in [0.717, 1.165) is 11.3 Å². The maximum atomic E-state index is 12.1. The first-order valence-corrected chi connectivity index (χ1v) is 7.33. The lowest BCUT2D eigenvalue weighted by atomic mass is 10.1. The Morgan fingerprint density at radius 3 is 2.61 bits per heavy atom. The number of fused-ring (bicyclic) bond motifs is 1. The number of hydrogen-bond acceptors (Lipinski definition) is 5. The van der Waals surface area contributed by atoms with Gasteiger partial charge in [0.2, 0.25) is 0 Å². The topological polar surface area (TPSA) is 85.2 Å². The maximum absolute atomic E-state index is 12.1. The number of para-hydroxylation sites is 1. The zero-order valence-corrected chi connectivity index (χ0v) is 12.6.